The maximum Gasteiger partial charge on any atom is 0.261 e. The molecule has 1 amide bonds. The second-order valence-corrected chi connectivity index (χ2v) is 6.86. The Hall–Kier alpha value is -3.38. The van der Waals surface area contributed by atoms with E-state index < -0.39 is 0 Å². The molecule has 0 radical (unpaired) electrons. The van der Waals surface area contributed by atoms with Crippen molar-refractivity contribution >= 4 is 23.2 Å². The highest BCUT2D eigenvalue weighted by Gasteiger charge is 2.13. The van der Waals surface area contributed by atoms with Crippen molar-refractivity contribution in [3.63, 3.8) is 0 Å². The molecule has 3 aromatic carbocycles. The van der Waals surface area contributed by atoms with Gasteiger partial charge in [0, 0.05) is 6.54 Å². The first-order chi connectivity index (χ1) is 14.7. The van der Waals surface area contributed by atoms with E-state index in [9.17, 15) is 4.79 Å². The monoisotopic (exact) mass is 420 g/mol. The van der Waals surface area contributed by atoms with Crippen LogP contribution in [0.2, 0.25) is 0 Å². The maximum atomic E-state index is 12.6. The summed E-state index contributed by atoms with van der Waals surface area (Å²) in [5.74, 6) is 0.949. The van der Waals surface area contributed by atoms with Gasteiger partial charge < -0.3 is 14.8 Å². The first-order valence-electron chi connectivity index (χ1n) is 9.75. The first-order valence-corrected chi connectivity index (χ1v) is 10.2. The topological polar surface area (TPSA) is 59.6 Å². The van der Waals surface area contributed by atoms with Crippen molar-refractivity contribution in [2.24, 2.45) is 0 Å². The minimum Gasteiger partial charge on any atom is -0.490 e. The SMILES string of the molecule is O=C(NC(=S)NCCc1ccccc1)c1ccccc1OCCOc1ccccc1. The Morgan fingerprint density at radius 1 is 0.800 bits per heavy atom. The van der Waals surface area contributed by atoms with Gasteiger partial charge in [0.2, 0.25) is 0 Å². The van der Waals surface area contributed by atoms with E-state index in [0.717, 1.165) is 12.2 Å². The second-order valence-electron chi connectivity index (χ2n) is 6.45. The highest BCUT2D eigenvalue weighted by atomic mass is 32.1. The molecule has 3 aromatic rings. The summed E-state index contributed by atoms with van der Waals surface area (Å²) in [6.45, 7) is 1.33. The summed E-state index contributed by atoms with van der Waals surface area (Å²) in [5, 5.41) is 6.06. The normalized spacial score (nSPS) is 10.1. The standard InChI is InChI=1S/C24H24N2O3S/c27-23(26-24(30)25-16-15-19-9-3-1-4-10-19)21-13-7-8-14-22(21)29-18-17-28-20-11-5-2-6-12-20/h1-14H,15-18H2,(H2,25,26,27,30). The van der Waals surface area contributed by atoms with Crippen molar-refractivity contribution in [1.29, 1.82) is 0 Å². The summed E-state index contributed by atoms with van der Waals surface area (Å²) in [6, 6.07) is 26.7. The lowest BCUT2D eigenvalue weighted by atomic mass is 10.1. The van der Waals surface area contributed by atoms with Gasteiger partial charge in [0.05, 0.1) is 5.56 Å². The first kappa shape index (κ1) is 21.3. The second kappa shape index (κ2) is 11.6. The van der Waals surface area contributed by atoms with Crippen LogP contribution in [0.25, 0.3) is 0 Å². The third kappa shape index (κ3) is 6.90. The number of benzene rings is 3. The van der Waals surface area contributed by atoms with Crippen LogP contribution in [-0.4, -0.2) is 30.8 Å². The molecule has 0 bridgehead atoms. The molecule has 0 aliphatic heterocycles. The Morgan fingerprint density at radius 2 is 1.43 bits per heavy atom. The Balaban J connectivity index is 1.45. The number of rotatable bonds is 9. The van der Waals surface area contributed by atoms with Crippen LogP contribution in [0.3, 0.4) is 0 Å². The van der Waals surface area contributed by atoms with Crippen molar-refractivity contribution in [3.8, 4) is 11.5 Å². The lowest BCUT2D eigenvalue weighted by Crippen LogP contribution is -2.40. The molecule has 0 aromatic heterocycles. The van der Waals surface area contributed by atoms with Gasteiger partial charge in [-0.25, -0.2) is 0 Å². The van der Waals surface area contributed by atoms with Crippen molar-refractivity contribution in [1.82, 2.24) is 10.6 Å². The van der Waals surface area contributed by atoms with Crippen LogP contribution in [0.1, 0.15) is 15.9 Å². The molecule has 0 fully saturated rings. The molecule has 0 aliphatic rings. The molecule has 0 spiro atoms. The molecule has 0 atom stereocenters. The molecule has 5 nitrogen and oxygen atoms in total. The number of carbonyl (C=O) groups is 1. The highest BCUT2D eigenvalue weighted by molar-refractivity contribution is 7.80. The Bertz CT molecular complexity index is 949. The number of ether oxygens (including phenoxy) is 2. The fourth-order valence-corrected chi connectivity index (χ4v) is 2.98. The Morgan fingerprint density at radius 3 is 2.20 bits per heavy atom. The van der Waals surface area contributed by atoms with E-state index in [0.29, 0.717) is 31.1 Å². The predicted molar refractivity (Wildman–Crippen MR) is 122 cm³/mol. The van der Waals surface area contributed by atoms with Gasteiger partial charge in [0.25, 0.3) is 5.91 Å². The quantitative estimate of drug-likeness (QED) is 0.405. The Kier molecular flexibility index (Phi) is 8.23. The van der Waals surface area contributed by atoms with Gasteiger partial charge in [0.1, 0.15) is 24.7 Å². The van der Waals surface area contributed by atoms with E-state index in [2.05, 4.69) is 22.8 Å². The van der Waals surface area contributed by atoms with Crippen LogP contribution in [0.15, 0.2) is 84.9 Å². The van der Waals surface area contributed by atoms with E-state index in [1.54, 1.807) is 18.2 Å². The van der Waals surface area contributed by atoms with E-state index in [1.807, 2.05) is 54.6 Å². The molecule has 0 heterocycles. The van der Waals surface area contributed by atoms with E-state index in [4.69, 9.17) is 21.7 Å². The van der Waals surface area contributed by atoms with Gasteiger partial charge in [-0.2, -0.15) is 0 Å². The molecule has 6 heteroatoms. The number of nitrogens with one attached hydrogen (secondary N) is 2. The van der Waals surface area contributed by atoms with Crippen LogP contribution >= 0.6 is 12.2 Å². The fraction of sp³-hybridized carbons (Fsp3) is 0.167. The van der Waals surface area contributed by atoms with Gasteiger partial charge in [0.15, 0.2) is 5.11 Å². The van der Waals surface area contributed by atoms with Crippen LogP contribution in [0.5, 0.6) is 11.5 Å². The Labute approximate surface area is 182 Å². The molecule has 0 aliphatic carbocycles. The molecule has 154 valence electrons. The van der Waals surface area contributed by atoms with E-state index in [-0.39, 0.29) is 11.0 Å². The highest BCUT2D eigenvalue weighted by Crippen LogP contribution is 2.18. The molecular formula is C24H24N2O3S. The minimum atomic E-state index is -0.313. The summed E-state index contributed by atoms with van der Waals surface area (Å²) in [7, 11) is 0. The third-order valence-corrected chi connectivity index (χ3v) is 4.50. The van der Waals surface area contributed by atoms with Crippen molar-refractivity contribution in [3.05, 3.63) is 96.1 Å². The average molecular weight is 421 g/mol. The van der Waals surface area contributed by atoms with Gasteiger partial charge in [-0.05, 0) is 48.5 Å². The summed E-state index contributed by atoms with van der Waals surface area (Å²) in [6.07, 6.45) is 0.817. The zero-order chi connectivity index (χ0) is 21.0. The third-order valence-electron chi connectivity index (χ3n) is 4.25. The molecule has 30 heavy (non-hydrogen) atoms. The molecule has 0 unspecified atom stereocenters. The molecule has 0 saturated heterocycles. The van der Waals surface area contributed by atoms with Gasteiger partial charge in [-0.1, -0.05) is 60.7 Å². The minimum absolute atomic E-state index is 0.290. The fourth-order valence-electron chi connectivity index (χ4n) is 2.79. The zero-order valence-corrected chi connectivity index (χ0v) is 17.4. The van der Waals surface area contributed by atoms with Crippen LogP contribution in [0, 0.1) is 0 Å². The van der Waals surface area contributed by atoms with Crippen molar-refractivity contribution in [2.75, 3.05) is 19.8 Å². The number of carbonyl (C=O) groups excluding carboxylic acids is 1. The largest absolute Gasteiger partial charge is 0.490 e. The maximum absolute atomic E-state index is 12.6. The van der Waals surface area contributed by atoms with Gasteiger partial charge in [-0.3, -0.25) is 10.1 Å². The number of hydrogen-bond acceptors (Lipinski definition) is 4. The molecule has 2 N–H and O–H groups in total. The van der Waals surface area contributed by atoms with Gasteiger partial charge in [-0.15, -0.1) is 0 Å². The predicted octanol–water partition coefficient (Wildman–Crippen LogP) is 3.99. The summed E-state index contributed by atoms with van der Waals surface area (Å²) >= 11 is 5.25. The summed E-state index contributed by atoms with van der Waals surface area (Å²) in [5.41, 5.74) is 1.63. The lowest BCUT2D eigenvalue weighted by Gasteiger charge is -2.13. The number of hydrogen-bond donors (Lipinski definition) is 2. The van der Waals surface area contributed by atoms with Crippen LogP contribution in [-0.2, 0) is 6.42 Å². The summed E-state index contributed by atoms with van der Waals surface area (Å²) in [4.78, 5) is 12.6. The number of amides is 1. The average Bonchev–Trinajstić information content (AvgIpc) is 2.78. The van der Waals surface area contributed by atoms with Crippen molar-refractivity contribution in [2.45, 2.75) is 6.42 Å². The molecule has 0 saturated carbocycles. The lowest BCUT2D eigenvalue weighted by molar-refractivity contribution is 0.0971. The van der Waals surface area contributed by atoms with Crippen molar-refractivity contribution < 1.29 is 14.3 Å². The zero-order valence-electron chi connectivity index (χ0n) is 16.5. The van der Waals surface area contributed by atoms with Crippen LogP contribution in [0.4, 0.5) is 0 Å². The van der Waals surface area contributed by atoms with E-state index >= 15 is 0 Å². The van der Waals surface area contributed by atoms with Crippen LogP contribution < -0.4 is 20.1 Å². The van der Waals surface area contributed by atoms with E-state index in [1.165, 1.54) is 5.56 Å². The van der Waals surface area contributed by atoms with Gasteiger partial charge >= 0.3 is 0 Å². The number of para-hydroxylation sites is 2. The number of thiocarbonyl (C=S) groups is 1. The molecular weight excluding hydrogens is 396 g/mol. The summed E-state index contributed by atoms with van der Waals surface area (Å²) < 4.78 is 11.4. The smallest absolute Gasteiger partial charge is 0.261 e. The molecule has 3 rings (SSSR count).